The van der Waals surface area contributed by atoms with Crippen LogP contribution in [0.25, 0.3) is 10.4 Å². The predicted octanol–water partition coefficient (Wildman–Crippen LogP) is -3.05. The van der Waals surface area contributed by atoms with Gasteiger partial charge < -0.3 is 19.9 Å². The van der Waals surface area contributed by atoms with Crippen molar-refractivity contribution in [3.05, 3.63) is 47.6 Å². The number of rotatable bonds is 5. The van der Waals surface area contributed by atoms with Gasteiger partial charge in [-0.05, 0) is 19.1 Å². The number of imidazole rings is 1. The number of β-lactam (4-membered cyclic amide) rings is 1. The van der Waals surface area contributed by atoms with Gasteiger partial charge in [-0.15, -0.1) is 11.3 Å². The SMILES string of the molecule is C[C@@H](O)[C@H]1C(=O)N2C(C(=O)[O-])=C(c3cn4cnc(S(=O)(=O)c5ccncc5)c4s3)[C@H](C)[C@H]12.[Na+]. The number of carboxylic acid groups (broad SMARTS) is 1. The fourth-order valence-corrected chi connectivity index (χ4v) is 7.39. The quantitative estimate of drug-likeness (QED) is 0.290. The summed E-state index contributed by atoms with van der Waals surface area (Å²) in [6.45, 7) is 3.28. The summed E-state index contributed by atoms with van der Waals surface area (Å²) in [5.41, 5.74) is 0.146. The number of carbonyl (C=O) groups is 2. The Morgan fingerprint density at radius 3 is 2.58 bits per heavy atom. The van der Waals surface area contributed by atoms with Gasteiger partial charge in [-0.1, -0.05) is 6.92 Å². The summed E-state index contributed by atoms with van der Waals surface area (Å²) >= 11 is 1.07. The van der Waals surface area contributed by atoms with Gasteiger partial charge in [0.05, 0.1) is 39.5 Å². The number of nitrogens with zero attached hydrogens (tertiary/aromatic N) is 4. The zero-order valence-electron chi connectivity index (χ0n) is 17.9. The number of aromatic nitrogens is 3. The molecule has 1 amide bonds. The van der Waals surface area contributed by atoms with E-state index in [0.29, 0.717) is 15.3 Å². The molecule has 0 bridgehead atoms. The first-order valence-corrected chi connectivity index (χ1v) is 12.0. The van der Waals surface area contributed by atoms with Crippen LogP contribution in [-0.2, 0) is 19.4 Å². The van der Waals surface area contributed by atoms with Crippen LogP contribution < -0.4 is 34.7 Å². The van der Waals surface area contributed by atoms with Crippen LogP contribution >= 0.6 is 11.3 Å². The third-order valence-electron chi connectivity index (χ3n) is 6.03. The predicted molar refractivity (Wildman–Crippen MR) is 110 cm³/mol. The first-order valence-electron chi connectivity index (χ1n) is 9.73. The summed E-state index contributed by atoms with van der Waals surface area (Å²) in [6, 6.07) is 2.25. The van der Waals surface area contributed by atoms with Gasteiger partial charge in [0.2, 0.25) is 15.7 Å². The number of hydrogen-bond donors (Lipinski definition) is 1. The smallest absolute Gasteiger partial charge is 0.543 e. The molecule has 2 aliphatic heterocycles. The number of aliphatic hydroxyl groups excluding tert-OH is 1. The van der Waals surface area contributed by atoms with E-state index < -0.39 is 45.7 Å². The summed E-state index contributed by atoms with van der Waals surface area (Å²) < 4.78 is 27.6. The summed E-state index contributed by atoms with van der Waals surface area (Å²) in [6.07, 6.45) is 4.77. The van der Waals surface area contributed by atoms with Gasteiger partial charge in [-0.3, -0.25) is 14.2 Å². The molecule has 13 heteroatoms. The Kier molecular flexibility index (Phi) is 6.04. The largest absolute Gasteiger partial charge is 1.00 e. The first kappa shape index (κ1) is 24.0. The molecule has 0 aromatic carbocycles. The van der Waals surface area contributed by atoms with E-state index in [2.05, 4.69) is 9.97 Å². The van der Waals surface area contributed by atoms with Crippen LogP contribution in [0.4, 0.5) is 0 Å². The maximum Gasteiger partial charge on any atom is 1.00 e. The number of thiazole rings is 1. The van der Waals surface area contributed by atoms with E-state index in [1.165, 1.54) is 47.1 Å². The van der Waals surface area contributed by atoms with Gasteiger partial charge in [0.15, 0.2) is 5.03 Å². The van der Waals surface area contributed by atoms with E-state index in [9.17, 15) is 28.2 Å². The molecule has 3 aromatic rings. The molecule has 0 spiro atoms. The van der Waals surface area contributed by atoms with Gasteiger partial charge in [0.25, 0.3) is 0 Å². The van der Waals surface area contributed by atoms with Crippen LogP contribution in [0, 0.1) is 11.8 Å². The molecule has 33 heavy (non-hydrogen) atoms. The number of aliphatic carboxylic acids is 1. The average molecular weight is 497 g/mol. The second kappa shape index (κ2) is 8.29. The van der Waals surface area contributed by atoms with Crippen molar-refractivity contribution >= 4 is 43.5 Å². The molecule has 1 N–H and O–H groups in total. The van der Waals surface area contributed by atoms with Crippen LogP contribution in [0.1, 0.15) is 18.7 Å². The van der Waals surface area contributed by atoms with Gasteiger partial charge in [0.1, 0.15) is 11.2 Å². The number of amides is 1. The Hall–Kier alpha value is -2.09. The maximum atomic E-state index is 13.1. The fourth-order valence-electron chi connectivity index (χ4n) is 4.60. The Morgan fingerprint density at radius 2 is 1.97 bits per heavy atom. The van der Waals surface area contributed by atoms with Crippen LogP contribution in [0.2, 0.25) is 0 Å². The van der Waals surface area contributed by atoms with Crippen molar-refractivity contribution in [3.8, 4) is 0 Å². The number of aliphatic hydroxyl groups is 1. The second-order valence-corrected chi connectivity index (χ2v) is 10.7. The number of hydrogen-bond acceptors (Lipinski definition) is 9. The average Bonchev–Trinajstić information content (AvgIpc) is 3.38. The van der Waals surface area contributed by atoms with Gasteiger partial charge in [0, 0.05) is 30.1 Å². The molecule has 0 aliphatic carbocycles. The molecule has 0 saturated carbocycles. The molecule has 1 saturated heterocycles. The fraction of sp³-hybridized carbons (Fsp3) is 0.300. The second-order valence-electron chi connectivity index (χ2n) is 7.85. The van der Waals surface area contributed by atoms with Gasteiger partial charge in [-0.2, -0.15) is 0 Å². The summed E-state index contributed by atoms with van der Waals surface area (Å²) in [4.78, 5) is 34.4. The molecule has 1 fully saturated rings. The summed E-state index contributed by atoms with van der Waals surface area (Å²) in [7, 11) is -3.92. The molecule has 4 atom stereocenters. The zero-order valence-corrected chi connectivity index (χ0v) is 21.5. The van der Waals surface area contributed by atoms with E-state index in [4.69, 9.17) is 0 Å². The van der Waals surface area contributed by atoms with E-state index >= 15 is 0 Å². The third kappa shape index (κ3) is 3.39. The van der Waals surface area contributed by atoms with Crippen molar-refractivity contribution in [1.82, 2.24) is 19.3 Å². The molecule has 2 aliphatic rings. The molecule has 0 radical (unpaired) electrons. The molecule has 166 valence electrons. The van der Waals surface area contributed by atoms with E-state index in [1.807, 2.05) is 0 Å². The molecule has 3 aromatic heterocycles. The van der Waals surface area contributed by atoms with Crippen molar-refractivity contribution in [3.63, 3.8) is 0 Å². The monoisotopic (exact) mass is 496 g/mol. The Morgan fingerprint density at radius 1 is 1.30 bits per heavy atom. The van der Waals surface area contributed by atoms with Crippen LogP contribution in [-0.4, -0.2) is 56.8 Å². The van der Waals surface area contributed by atoms with E-state index in [-0.39, 0.29) is 45.2 Å². The van der Waals surface area contributed by atoms with E-state index in [1.54, 1.807) is 13.1 Å². The summed E-state index contributed by atoms with van der Waals surface area (Å²) in [5.74, 6) is -3.05. The molecule has 10 nitrogen and oxygen atoms in total. The van der Waals surface area contributed by atoms with Gasteiger partial charge >= 0.3 is 29.6 Å². The molecule has 0 unspecified atom stereocenters. The van der Waals surface area contributed by atoms with E-state index in [0.717, 1.165) is 11.3 Å². The minimum atomic E-state index is -3.92. The Bertz CT molecular complexity index is 1410. The van der Waals surface area contributed by atoms with Crippen molar-refractivity contribution in [1.29, 1.82) is 0 Å². The minimum Gasteiger partial charge on any atom is -0.543 e. The maximum absolute atomic E-state index is 13.1. The molecule has 5 rings (SSSR count). The summed E-state index contributed by atoms with van der Waals surface area (Å²) in [5, 5.41) is 21.8. The number of pyridine rings is 1. The standard InChI is InChI=1S/C20H18N4O6S2.Na/c1-9-13(16(20(27)28)24-15(9)14(10(2)25)18(24)26)12-7-23-8-22-17(19(23)31-12)32(29,30)11-3-5-21-6-4-11;/h3-10,14-15,25H,1-2H3,(H,27,28);/q;+1/p-1/t9-,10+,14+,15+;/m0./s1. The van der Waals surface area contributed by atoms with Crippen LogP contribution in [0.3, 0.4) is 0 Å². The minimum absolute atomic E-state index is 0. The topological polar surface area (TPSA) is 145 Å². The van der Waals surface area contributed by atoms with Crippen molar-refractivity contribution in [2.45, 2.75) is 35.9 Å². The normalized spacial score (nSPS) is 23.3. The Labute approximate surface area is 214 Å². The number of carbonyl (C=O) groups excluding carboxylic acids is 2. The number of sulfone groups is 1. The van der Waals surface area contributed by atoms with Gasteiger partial charge in [-0.25, -0.2) is 13.4 Å². The zero-order chi connectivity index (χ0) is 22.9. The molecule has 5 heterocycles. The third-order valence-corrected chi connectivity index (χ3v) is 9.00. The van der Waals surface area contributed by atoms with Crippen LogP contribution in [0.15, 0.2) is 52.7 Å². The molecular weight excluding hydrogens is 479 g/mol. The number of carboxylic acids is 1. The number of fused-ring (bicyclic) bond motifs is 2. The van der Waals surface area contributed by atoms with Crippen molar-refractivity contribution in [2.75, 3.05) is 0 Å². The molecular formula is C20H17N4NaO6S2. The van der Waals surface area contributed by atoms with Crippen LogP contribution in [0.5, 0.6) is 0 Å². The Balaban J connectivity index is 0.00000259. The van der Waals surface area contributed by atoms with Crippen molar-refractivity contribution in [2.24, 2.45) is 11.8 Å². The van der Waals surface area contributed by atoms with Crippen molar-refractivity contribution < 1.29 is 57.8 Å². The first-order chi connectivity index (χ1) is 15.1.